The number of alkyl halides is 3. The average Bonchev–Trinajstić information content (AvgIpc) is 3.61. The first-order valence-electron chi connectivity index (χ1n) is 10.2. The second-order valence-corrected chi connectivity index (χ2v) is 7.71. The number of H-pyrrole nitrogens is 1. The molecule has 6 nitrogen and oxygen atoms in total. The molecule has 1 saturated carbocycles. The van der Waals surface area contributed by atoms with Crippen molar-refractivity contribution in [1.82, 2.24) is 15.3 Å². The predicted octanol–water partition coefficient (Wildman–Crippen LogP) is 4.60. The molecule has 0 spiro atoms. The number of nitrogens with one attached hydrogen (secondary N) is 4. The number of rotatable bonds is 8. The van der Waals surface area contributed by atoms with Gasteiger partial charge in [-0.1, -0.05) is 24.3 Å². The number of hydrogen-bond donors (Lipinski definition) is 4. The summed E-state index contributed by atoms with van der Waals surface area (Å²) >= 11 is 0. The van der Waals surface area contributed by atoms with Gasteiger partial charge in [-0.05, 0) is 43.2 Å². The largest absolute Gasteiger partial charge is 0.433 e. The van der Waals surface area contributed by atoms with Crippen molar-refractivity contribution in [3.63, 3.8) is 0 Å². The van der Waals surface area contributed by atoms with Crippen molar-refractivity contribution in [2.24, 2.45) is 5.92 Å². The second-order valence-electron chi connectivity index (χ2n) is 7.71. The molecule has 4 rings (SSSR count). The minimum atomic E-state index is -4.51. The molecule has 3 aromatic rings. The quantitative estimate of drug-likeness (QED) is 0.385. The van der Waals surface area contributed by atoms with Crippen molar-refractivity contribution in [1.29, 1.82) is 5.41 Å². The minimum Gasteiger partial charge on any atom is -0.341 e. The van der Waals surface area contributed by atoms with E-state index in [-0.39, 0.29) is 30.3 Å². The maximum atomic E-state index is 12.8. The Bertz CT molecular complexity index is 1170. The van der Waals surface area contributed by atoms with E-state index in [9.17, 15) is 18.0 Å². The lowest BCUT2D eigenvalue weighted by Gasteiger charge is -2.15. The highest BCUT2D eigenvalue weighted by molar-refractivity contribution is 6.05. The highest BCUT2D eigenvalue weighted by Crippen LogP contribution is 2.34. The minimum absolute atomic E-state index is 0.0722. The second kappa shape index (κ2) is 8.96. The maximum absolute atomic E-state index is 12.8. The predicted molar refractivity (Wildman–Crippen MR) is 116 cm³/mol. The molecule has 0 radical (unpaired) electrons. The summed E-state index contributed by atoms with van der Waals surface area (Å²) in [7, 11) is 0. The third-order valence-corrected chi connectivity index (χ3v) is 5.16. The molecule has 0 saturated heterocycles. The van der Waals surface area contributed by atoms with Gasteiger partial charge in [0, 0.05) is 41.5 Å². The fraction of sp³-hybridized carbons (Fsp3) is 0.261. The van der Waals surface area contributed by atoms with Crippen LogP contribution >= 0.6 is 0 Å². The molecule has 1 aliphatic carbocycles. The van der Waals surface area contributed by atoms with Crippen molar-refractivity contribution in [3.8, 4) is 0 Å². The van der Waals surface area contributed by atoms with Gasteiger partial charge in [0.05, 0.1) is 5.69 Å². The number of aromatic nitrogens is 2. The van der Waals surface area contributed by atoms with Crippen LogP contribution in [-0.4, -0.2) is 15.7 Å². The molecule has 4 N–H and O–H groups in total. The molecule has 1 aliphatic rings. The fourth-order valence-corrected chi connectivity index (χ4v) is 3.33. The van der Waals surface area contributed by atoms with E-state index < -0.39 is 11.9 Å². The summed E-state index contributed by atoms with van der Waals surface area (Å²) in [6.07, 6.45) is -2.62. The molecule has 2 aromatic heterocycles. The van der Waals surface area contributed by atoms with E-state index in [2.05, 4.69) is 20.6 Å². The van der Waals surface area contributed by atoms with Crippen LogP contribution in [0.25, 0.3) is 0 Å². The number of benzene rings is 1. The summed E-state index contributed by atoms with van der Waals surface area (Å²) in [5, 5.41) is 14.7. The molecule has 1 aromatic carbocycles. The van der Waals surface area contributed by atoms with Crippen molar-refractivity contribution in [2.45, 2.75) is 32.1 Å². The molecule has 0 amide bonds. The van der Waals surface area contributed by atoms with Gasteiger partial charge in [0.25, 0.3) is 5.56 Å². The van der Waals surface area contributed by atoms with Crippen LogP contribution in [0.15, 0.2) is 59.4 Å². The van der Waals surface area contributed by atoms with Crippen LogP contribution in [0.5, 0.6) is 0 Å². The first-order valence-corrected chi connectivity index (χ1v) is 10.2. The van der Waals surface area contributed by atoms with Crippen molar-refractivity contribution >= 4 is 17.2 Å². The Morgan fingerprint density at radius 3 is 2.53 bits per heavy atom. The van der Waals surface area contributed by atoms with Crippen molar-refractivity contribution in [3.05, 3.63) is 87.5 Å². The highest BCUT2D eigenvalue weighted by Gasteiger charge is 2.32. The molecule has 1 fully saturated rings. The van der Waals surface area contributed by atoms with Crippen LogP contribution in [0.4, 0.5) is 24.7 Å². The van der Waals surface area contributed by atoms with E-state index in [1.54, 1.807) is 6.07 Å². The first kappa shape index (κ1) is 21.8. The molecule has 9 heteroatoms. The van der Waals surface area contributed by atoms with E-state index in [1.165, 1.54) is 12.1 Å². The number of anilines is 2. The summed E-state index contributed by atoms with van der Waals surface area (Å²) in [5.41, 5.74) is 1.20. The normalized spacial score (nSPS) is 13.7. The molecule has 0 aliphatic heterocycles. The molecule has 166 valence electrons. The third-order valence-electron chi connectivity index (χ3n) is 5.16. The van der Waals surface area contributed by atoms with Gasteiger partial charge in [0.1, 0.15) is 11.5 Å². The fourth-order valence-electron chi connectivity index (χ4n) is 3.33. The summed E-state index contributed by atoms with van der Waals surface area (Å²) in [4.78, 5) is 19.1. The van der Waals surface area contributed by atoms with Gasteiger partial charge in [0.2, 0.25) is 0 Å². The van der Waals surface area contributed by atoms with E-state index in [1.807, 2.05) is 30.3 Å². The molecule has 0 atom stereocenters. The lowest BCUT2D eigenvalue weighted by Crippen LogP contribution is -2.24. The summed E-state index contributed by atoms with van der Waals surface area (Å²) in [6, 6.07) is 14.7. The van der Waals surface area contributed by atoms with Crippen LogP contribution in [-0.2, 0) is 19.3 Å². The molecule has 0 bridgehead atoms. The summed E-state index contributed by atoms with van der Waals surface area (Å²) < 4.78 is 38.5. The Morgan fingerprint density at radius 2 is 1.84 bits per heavy atom. The average molecular weight is 441 g/mol. The smallest absolute Gasteiger partial charge is 0.341 e. The van der Waals surface area contributed by atoms with Gasteiger partial charge in [-0.25, -0.2) is 4.98 Å². The summed E-state index contributed by atoms with van der Waals surface area (Å²) in [6.45, 7) is 0.201. The number of halogens is 3. The van der Waals surface area contributed by atoms with Crippen molar-refractivity contribution < 1.29 is 13.2 Å². The molecular weight excluding hydrogens is 419 g/mol. The highest BCUT2D eigenvalue weighted by atomic mass is 19.4. The van der Waals surface area contributed by atoms with Gasteiger partial charge in [-0.3, -0.25) is 4.79 Å². The van der Waals surface area contributed by atoms with E-state index in [0.29, 0.717) is 22.7 Å². The molecule has 2 heterocycles. The molecule has 0 unspecified atom stereocenters. The van der Waals surface area contributed by atoms with Gasteiger partial charge in [-0.15, -0.1) is 0 Å². The van der Waals surface area contributed by atoms with Crippen LogP contribution in [0.3, 0.4) is 0 Å². The van der Waals surface area contributed by atoms with E-state index in [4.69, 9.17) is 5.41 Å². The lowest BCUT2D eigenvalue weighted by molar-refractivity contribution is -0.141. The number of para-hydroxylation sites is 1. The first-order chi connectivity index (χ1) is 15.3. The maximum Gasteiger partial charge on any atom is 0.433 e. The van der Waals surface area contributed by atoms with Crippen LogP contribution in [0.2, 0.25) is 0 Å². The Balaban J connectivity index is 1.52. The number of nitrogens with zero attached hydrogens (tertiary/aromatic N) is 1. The molecular formula is C23H22F3N5O. The Labute approximate surface area is 182 Å². The number of pyridine rings is 2. The van der Waals surface area contributed by atoms with Gasteiger partial charge < -0.3 is 21.0 Å². The SMILES string of the molecule is N=C(c1cc(CNCc2cccc(C(F)(F)F)n2)c(=O)[nH]c1Nc1ccccc1)C1CC1. The Kier molecular flexibility index (Phi) is 6.09. The number of aromatic amines is 1. The monoisotopic (exact) mass is 441 g/mol. The van der Waals surface area contributed by atoms with Gasteiger partial charge in [0.15, 0.2) is 0 Å². The Hall–Kier alpha value is -3.46. The zero-order valence-corrected chi connectivity index (χ0v) is 17.1. The Morgan fingerprint density at radius 1 is 1.09 bits per heavy atom. The van der Waals surface area contributed by atoms with Crippen LogP contribution in [0, 0.1) is 11.3 Å². The number of hydrogen-bond acceptors (Lipinski definition) is 5. The standard InChI is InChI=1S/C23H22F3N5O/c24-23(25,26)19-8-4-7-17(29-19)13-28-12-15-11-18(20(27)14-9-10-14)21(31-22(15)32)30-16-5-2-1-3-6-16/h1-8,11,14,27-28H,9-10,12-13H2,(H2,30,31,32). The van der Waals surface area contributed by atoms with E-state index in [0.717, 1.165) is 24.6 Å². The zero-order valence-electron chi connectivity index (χ0n) is 17.1. The summed E-state index contributed by atoms with van der Waals surface area (Å²) in [5.74, 6) is 0.633. The lowest BCUT2D eigenvalue weighted by atomic mass is 10.0. The zero-order chi connectivity index (χ0) is 22.7. The van der Waals surface area contributed by atoms with Gasteiger partial charge >= 0.3 is 6.18 Å². The topological polar surface area (TPSA) is 93.7 Å². The van der Waals surface area contributed by atoms with Crippen molar-refractivity contribution in [2.75, 3.05) is 5.32 Å². The molecule has 32 heavy (non-hydrogen) atoms. The third kappa shape index (κ3) is 5.23. The van der Waals surface area contributed by atoms with Gasteiger partial charge in [-0.2, -0.15) is 13.2 Å². The van der Waals surface area contributed by atoms with Crippen LogP contribution < -0.4 is 16.2 Å². The van der Waals surface area contributed by atoms with E-state index >= 15 is 0 Å². The van der Waals surface area contributed by atoms with Crippen LogP contribution in [0.1, 0.15) is 35.4 Å².